The third kappa shape index (κ3) is 7.58. The minimum atomic E-state index is -3.32. The summed E-state index contributed by atoms with van der Waals surface area (Å²) in [5, 5.41) is 0. The van der Waals surface area contributed by atoms with E-state index in [1.807, 2.05) is 42.0 Å². The quantitative estimate of drug-likeness (QED) is 0.264. The van der Waals surface area contributed by atoms with Gasteiger partial charge in [-0.2, -0.15) is 0 Å². The molecule has 1 fully saturated rings. The van der Waals surface area contributed by atoms with Crippen LogP contribution in [0.2, 0.25) is 0 Å². The number of hydrogen-bond donors (Lipinski definition) is 1. The first-order valence-corrected chi connectivity index (χ1v) is 15.2. The van der Waals surface area contributed by atoms with E-state index in [2.05, 4.69) is 9.62 Å². The number of benzene rings is 3. The Balaban J connectivity index is 0.00000387. The molecule has 0 atom stereocenters. The van der Waals surface area contributed by atoms with Crippen molar-refractivity contribution >= 4 is 28.1 Å². The normalized spacial score (nSPS) is 14.4. The van der Waals surface area contributed by atoms with Crippen molar-refractivity contribution < 1.29 is 17.5 Å². The molecule has 0 bridgehead atoms. The number of rotatable bonds is 9. The number of sulfonamides is 1. The number of halogens is 2. The predicted molar refractivity (Wildman–Crippen MR) is 162 cm³/mol. The van der Waals surface area contributed by atoms with Gasteiger partial charge >= 0.3 is 5.69 Å². The fourth-order valence-electron chi connectivity index (χ4n) is 5.11. The number of likely N-dealkylation sites (tertiary alicyclic amines) is 1. The molecule has 0 saturated carbocycles. The Kier molecular flexibility index (Phi) is 9.57. The Morgan fingerprint density at radius 2 is 1.51 bits per heavy atom. The molecule has 1 aliphatic heterocycles. The summed E-state index contributed by atoms with van der Waals surface area (Å²) in [6.07, 6.45) is 5.54. The Labute approximate surface area is 245 Å². The Hall–Kier alpha value is -3.60. The van der Waals surface area contributed by atoms with Gasteiger partial charge in [0.15, 0.2) is 0 Å². The zero-order valence-corrected chi connectivity index (χ0v) is 24.6. The fraction of sp³-hybridized carbons (Fsp3) is 0.300. The van der Waals surface area contributed by atoms with E-state index in [1.165, 1.54) is 17.7 Å². The molecule has 8 nitrogen and oxygen atoms in total. The van der Waals surface area contributed by atoms with E-state index < -0.39 is 10.0 Å². The van der Waals surface area contributed by atoms with E-state index >= 15 is 0 Å². The van der Waals surface area contributed by atoms with Gasteiger partial charge in [0.2, 0.25) is 10.0 Å². The molecule has 0 spiro atoms. The molecule has 2 heterocycles. The standard InChI is InChI=1S/C30H33FN4O4S.ClH/c1-3-25-21-34(30(36)35(25)27-10-6-23(31)7-11-27)26-16-18-33(19-17-26)20-22-4-12-28(13-5-22)39-29-14-8-24(9-15-29)32-40(2,37)38;/h4-15,21,26,32H,3,16-20H2,1-2H3;1H. The van der Waals surface area contributed by atoms with Crippen molar-refractivity contribution in [2.75, 3.05) is 24.1 Å². The highest BCUT2D eigenvalue weighted by Gasteiger charge is 2.24. The van der Waals surface area contributed by atoms with Crippen molar-refractivity contribution in [3.8, 4) is 17.2 Å². The van der Waals surface area contributed by atoms with Crippen LogP contribution in [0.3, 0.4) is 0 Å². The van der Waals surface area contributed by atoms with Crippen LogP contribution in [-0.2, 0) is 23.0 Å². The van der Waals surface area contributed by atoms with Crippen molar-refractivity contribution in [1.29, 1.82) is 0 Å². The lowest BCUT2D eigenvalue weighted by molar-refractivity contribution is 0.178. The molecule has 0 radical (unpaired) electrons. The maximum Gasteiger partial charge on any atom is 0.333 e. The predicted octanol–water partition coefficient (Wildman–Crippen LogP) is 5.76. The van der Waals surface area contributed by atoms with Crippen LogP contribution < -0.4 is 15.1 Å². The molecule has 3 aromatic carbocycles. The molecule has 1 saturated heterocycles. The van der Waals surface area contributed by atoms with E-state index in [-0.39, 0.29) is 30.0 Å². The van der Waals surface area contributed by atoms with E-state index in [1.54, 1.807) is 41.0 Å². The van der Waals surface area contributed by atoms with Crippen LogP contribution in [-0.4, -0.2) is 41.8 Å². The zero-order chi connectivity index (χ0) is 28.3. The highest BCUT2D eigenvalue weighted by molar-refractivity contribution is 7.92. The molecule has 1 aliphatic rings. The summed E-state index contributed by atoms with van der Waals surface area (Å²) in [4.78, 5) is 15.7. The summed E-state index contributed by atoms with van der Waals surface area (Å²) < 4.78 is 48.0. The Bertz CT molecular complexity index is 1610. The number of imidazole rings is 1. The van der Waals surface area contributed by atoms with E-state index in [0.29, 0.717) is 29.3 Å². The van der Waals surface area contributed by atoms with Crippen LogP contribution in [0.1, 0.15) is 37.1 Å². The molecule has 11 heteroatoms. The molecule has 0 unspecified atom stereocenters. The zero-order valence-electron chi connectivity index (χ0n) is 23.0. The van der Waals surface area contributed by atoms with Crippen LogP contribution in [0.15, 0.2) is 83.8 Å². The van der Waals surface area contributed by atoms with Crippen LogP contribution in [0.4, 0.5) is 10.1 Å². The summed E-state index contributed by atoms with van der Waals surface area (Å²) in [6.45, 7) is 4.59. The van der Waals surface area contributed by atoms with Gasteiger partial charge in [-0.05, 0) is 85.5 Å². The summed E-state index contributed by atoms with van der Waals surface area (Å²) in [7, 11) is -3.32. The van der Waals surface area contributed by atoms with Gasteiger partial charge < -0.3 is 4.74 Å². The maximum atomic E-state index is 13.4. The fourth-order valence-corrected chi connectivity index (χ4v) is 5.67. The van der Waals surface area contributed by atoms with Crippen LogP contribution in [0.5, 0.6) is 11.5 Å². The van der Waals surface area contributed by atoms with Gasteiger partial charge in [-0.1, -0.05) is 19.1 Å². The second-order valence-electron chi connectivity index (χ2n) is 10.1. The Morgan fingerprint density at radius 3 is 2.07 bits per heavy atom. The second kappa shape index (κ2) is 12.9. The third-order valence-electron chi connectivity index (χ3n) is 7.11. The van der Waals surface area contributed by atoms with Crippen molar-refractivity contribution in [2.24, 2.45) is 0 Å². The smallest absolute Gasteiger partial charge is 0.333 e. The molecular weight excluding hydrogens is 567 g/mol. The van der Waals surface area contributed by atoms with Gasteiger partial charge in [-0.25, -0.2) is 17.6 Å². The van der Waals surface area contributed by atoms with Crippen LogP contribution >= 0.6 is 12.4 Å². The molecule has 4 aromatic rings. The number of aryl methyl sites for hydroxylation is 1. The lowest BCUT2D eigenvalue weighted by Crippen LogP contribution is -2.37. The first-order chi connectivity index (χ1) is 19.2. The van der Waals surface area contributed by atoms with E-state index in [0.717, 1.165) is 44.4 Å². The molecule has 0 aliphatic carbocycles. The first-order valence-electron chi connectivity index (χ1n) is 13.3. The highest BCUT2D eigenvalue weighted by atomic mass is 35.5. The molecule has 0 amide bonds. The van der Waals surface area contributed by atoms with Gasteiger partial charge in [0.05, 0.1) is 11.9 Å². The number of piperidine rings is 1. The number of nitrogens with one attached hydrogen (secondary N) is 1. The number of aromatic nitrogens is 2. The van der Waals surface area contributed by atoms with Gasteiger partial charge in [-0.3, -0.25) is 18.8 Å². The van der Waals surface area contributed by atoms with Crippen molar-refractivity contribution in [2.45, 2.75) is 38.8 Å². The average Bonchev–Trinajstić information content (AvgIpc) is 3.27. The first kappa shape index (κ1) is 30.4. The number of hydrogen-bond acceptors (Lipinski definition) is 5. The van der Waals surface area contributed by atoms with Gasteiger partial charge in [0.25, 0.3) is 0 Å². The van der Waals surface area contributed by atoms with E-state index in [4.69, 9.17) is 4.74 Å². The molecule has 41 heavy (non-hydrogen) atoms. The summed E-state index contributed by atoms with van der Waals surface area (Å²) >= 11 is 0. The minimum absolute atomic E-state index is 0. The number of anilines is 1. The molecular formula is C30H34ClFN4O4S. The summed E-state index contributed by atoms with van der Waals surface area (Å²) in [5.41, 5.74) is 3.19. The summed E-state index contributed by atoms with van der Waals surface area (Å²) in [5.74, 6) is 0.992. The van der Waals surface area contributed by atoms with Crippen molar-refractivity contribution in [3.05, 3.63) is 107 Å². The lowest BCUT2D eigenvalue weighted by atomic mass is 10.0. The summed E-state index contributed by atoms with van der Waals surface area (Å²) in [6, 6.07) is 20.9. The van der Waals surface area contributed by atoms with Crippen LogP contribution in [0, 0.1) is 5.82 Å². The van der Waals surface area contributed by atoms with Gasteiger partial charge in [0.1, 0.15) is 17.3 Å². The maximum absolute atomic E-state index is 13.4. The minimum Gasteiger partial charge on any atom is -0.457 e. The largest absolute Gasteiger partial charge is 0.457 e. The van der Waals surface area contributed by atoms with Crippen molar-refractivity contribution in [1.82, 2.24) is 14.0 Å². The SMILES string of the molecule is CCc1cn(C2CCN(Cc3ccc(Oc4ccc(NS(C)(=O)=O)cc4)cc3)CC2)c(=O)n1-c1ccc(F)cc1.Cl. The van der Waals surface area contributed by atoms with Gasteiger partial charge in [-0.15, -0.1) is 12.4 Å². The molecule has 218 valence electrons. The highest BCUT2D eigenvalue weighted by Crippen LogP contribution is 2.26. The monoisotopic (exact) mass is 600 g/mol. The average molecular weight is 601 g/mol. The third-order valence-corrected chi connectivity index (χ3v) is 7.71. The van der Waals surface area contributed by atoms with E-state index in [9.17, 15) is 17.6 Å². The Morgan fingerprint density at radius 1 is 0.927 bits per heavy atom. The van der Waals surface area contributed by atoms with Crippen molar-refractivity contribution in [3.63, 3.8) is 0 Å². The number of nitrogens with zero attached hydrogens (tertiary/aromatic N) is 3. The van der Waals surface area contributed by atoms with Gasteiger partial charge in [0, 0.05) is 43.3 Å². The van der Waals surface area contributed by atoms with Crippen LogP contribution in [0.25, 0.3) is 5.69 Å². The lowest BCUT2D eigenvalue weighted by Gasteiger charge is -2.32. The second-order valence-corrected chi connectivity index (χ2v) is 11.9. The molecule has 1 aromatic heterocycles. The number of ether oxygens (including phenoxy) is 1. The molecule has 5 rings (SSSR count). The molecule has 1 N–H and O–H groups in total. The topological polar surface area (TPSA) is 85.6 Å².